The van der Waals surface area contributed by atoms with E-state index in [9.17, 15) is 0 Å². The summed E-state index contributed by atoms with van der Waals surface area (Å²) in [5.41, 5.74) is 8.55. The first-order valence-electron chi connectivity index (χ1n) is 6.16. The number of pyridine rings is 1. The topological polar surface area (TPSA) is 66.0 Å². The number of nitrogen functional groups attached to an aromatic ring is 1. The summed E-state index contributed by atoms with van der Waals surface area (Å²) in [4.78, 5) is 8.33. The molecule has 0 saturated heterocycles. The summed E-state index contributed by atoms with van der Waals surface area (Å²) >= 11 is 0. The van der Waals surface area contributed by atoms with Crippen molar-refractivity contribution in [3.8, 4) is 22.7 Å². The van der Waals surface area contributed by atoms with E-state index < -0.39 is 0 Å². The second-order valence-electron chi connectivity index (χ2n) is 4.32. The Morgan fingerprint density at radius 3 is 2.50 bits per heavy atom. The first-order valence-corrected chi connectivity index (χ1v) is 6.16. The van der Waals surface area contributed by atoms with Crippen molar-refractivity contribution in [2.75, 3.05) is 12.8 Å². The number of imidazole rings is 1. The van der Waals surface area contributed by atoms with Crippen LogP contribution in [0.15, 0.2) is 55.1 Å². The van der Waals surface area contributed by atoms with Crippen LogP contribution in [-0.2, 0) is 0 Å². The van der Waals surface area contributed by atoms with E-state index in [1.807, 2.05) is 34.9 Å². The normalized spacial score (nSPS) is 10.4. The maximum atomic E-state index is 5.61. The van der Waals surface area contributed by atoms with Crippen molar-refractivity contribution >= 4 is 5.82 Å². The van der Waals surface area contributed by atoms with Gasteiger partial charge in [0.1, 0.15) is 11.6 Å². The number of nitrogens with zero attached hydrogens (tertiary/aromatic N) is 3. The first-order chi connectivity index (χ1) is 9.78. The molecule has 0 radical (unpaired) electrons. The lowest BCUT2D eigenvalue weighted by Crippen LogP contribution is -1.96. The van der Waals surface area contributed by atoms with Crippen LogP contribution in [0.4, 0.5) is 5.82 Å². The van der Waals surface area contributed by atoms with Gasteiger partial charge in [-0.2, -0.15) is 0 Å². The third-order valence-corrected chi connectivity index (χ3v) is 3.07. The molecule has 2 heterocycles. The van der Waals surface area contributed by atoms with Crippen molar-refractivity contribution in [2.24, 2.45) is 0 Å². The fourth-order valence-electron chi connectivity index (χ4n) is 2.01. The molecule has 100 valence electrons. The highest BCUT2D eigenvalue weighted by atomic mass is 16.5. The Labute approximate surface area is 116 Å². The number of methoxy groups -OCH3 is 1. The average Bonchev–Trinajstić information content (AvgIpc) is 2.97. The van der Waals surface area contributed by atoms with Crippen molar-refractivity contribution in [3.05, 3.63) is 55.1 Å². The molecule has 20 heavy (non-hydrogen) atoms. The molecule has 0 aliphatic carbocycles. The first kappa shape index (κ1) is 12.2. The predicted molar refractivity (Wildman–Crippen MR) is 77.8 cm³/mol. The van der Waals surface area contributed by atoms with Gasteiger partial charge in [0.05, 0.1) is 25.3 Å². The van der Waals surface area contributed by atoms with E-state index in [-0.39, 0.29) is 0 Å². The third-order valence-electron chi connectivity index (χ3n) is 3.07. The van der Waals surface area contributed by atoms with Crippen LogP contribution in [-0.4, -0.2) is 21.6 Å². The Hall–Kier alpha value is -2.82. The molecule has 0 unspecified atom stereocenters. The molecule has 5 nitrogen and oxygen atoms in total. The molecule has 0 spiro atoms. The van der Waals surface area contributed by atoms with Crippen LogP contribution >= 0.6 is 0 Å². The van der Waals surface area contributed by atoms with Gasteiger partial charge in [-0.05, 0) is 36.4 Å². The minimum absolute atomic E-state index is 0.504. The molecule has 0 saturated carbocycles. The van der Waals surface area contributed by atoms with E-state index in [1.165, 1.54) is 0 Å². The Balaban J connectivity index is 2.02. The van der Waals surface area contributed by atoms with Crippen molar-refractivity contribution in [1.29, 1.82) is 0 Å². The number of rotatable bonds is 3. The molecule has 1 aromatic carbocycles. The minimum Gasteiger partial charge on any atom is -0.497 e. The van der Waals surface area contributed by atoms with Crippen molar-refractivity contribution in [2.45, 2.75) is 0 Å². The summed E-state index contributed by atoms with van der Waals surface area (Å²) in [5, 5.41) is 0. The highest BCUT2D eigenvalue weighted by Crippen LogP contribution is 2.23. The smallest absolute Gasteiger partial charge is 0.123 e. The van der Waals surface area contributed by atoms with Crippen molar-refractivity contribution < 1.29 is 4.74 Å². The molecule has 0 amide bonds. The largest absolute Gasteiger partial charge is 0.497 e. The molecular formula is C15H14N4O. The van der Waals surface area contributed by atoms with E-state index in [4.69, 9.17) is 10.5 Å². The van der Waals surface area contributed by atoms with Gasteiger partial charge >= 0.3 is 0 Å². The maximum absolute atomic E-state index is 5.61. The SMILES string of the molecule is COc1ccc(-n2cncc2-c2ccc(N)nc2)cc1. The van der Waals surface area contributed by atoms with Gasteiger partial charge in [0.2, 0.25) is 0 Å². The van der Waals surface area contributed by atoms with E-state index in [0.29, 0.717) is 5.82 Å². The van der Waals surface area contributed by atoms with E-state index >= 15 is 0 Å². The van der Waals surface area contributed by atoms with E-state index in [2.05, 4.69) is 9.97 Å². The molecular weight excluding hydrogens is 252 g/mol. The van der Waals surface area contributed by atoms with Crippen LogP contribution in [0, 0.1) is 0 Å². The zero-order valence-corrected chi connectivity index (χ0v) is 11.0. The lowest BCUT2D eigenvalue weighted by molar-refractivity contribution is 0.415. The fraction of sp³-hybridized carbons (Fsp3) is 0.0667. The van der Waals surface area contributed by atoms with Crippen LogP contribution in [0.1, 0.15) is 0 Å². The van der Waals surface area contributed by atoms with Gasteiger partial charge in [0.25, 0.3) is 0 Å². The molecule has 2 N–H and O–H groups in total. The Morgan fingerprint density at radius 2 is 1.85 bits per heavy atom. The summed E-state index contributed by atoms with van der Waals surface area (Å²) in [6.45, 7) is 0. The van der Waals surface area contributed by atoms with Gasteiger partial charge in [0.15, 0.2) is 0 Å². The van der Waals surface area contributed by atoms with Crippen molar-refractivity contribution in [1.82, 2.24) is 14.5 Å². The molecule has 0 bridgehead atoms. The standard InChI is InChI=1S/C15H14N4O/c1-20-13-5-3-12(4-6-13)19-10-17-9-14(19)11-2-7-15(16)18-8-11/h2-10H,1H3,(H2,16,18). The molecule has 3 aromatic rings. The number of hydrogen-bond donors (Lipinski definition) is 1. The summed E-state index contributed by atoms with van der Waals surface area (Å²) in [6, 6.07) is 11.5. The average molecular weight is 266 g/mol. The number of hydrogen-bond acceptors (Lipinski definition) is 4. The van der Waals surface area contributed by atoms with Gasteiger partial charge in [-0.1, -0.05) is 0 Å². The van der Waals surface area contributed by atoms with Gasteiger partial charge in [-0.15, -0.1) is 0 Å². The van der Waals surface area contributed by atoms with E-state index in [0.717, 1.165) is 22.7 Å². The number of benzene rings is 1. The van der Waals surface area contributed by atoms with Crippen molar-refractivity contribution in [3.63, 3.8) is 0 Å². The molecule has 0 aliphatic heterocycles. The molecule has 3 rings (SSSR count). The number of anilines is 1. The molecule has 0 atom stereocenters. The van der Waals surface area contributed by atoms with Crippen LogP contribution < -0.4 is 10.5 Å². The highest BCUT2D eigenvalue weighted by Gasteiger charge is 2.07. The van der Waals surface area contributed by atoms with Crippen LogP contribution in [0.5, 0.6) is 5.75 Å². The summed E-state index contributed by atoms with van der Waals surface area (Å²) < 4.78 is 7.16. The zero-order valence-electron chi connectivity index (χ0n) is 11.0. The number of aromatic nitrogens is 3. The summed E-state index contributed by atoms with van der Waals surface area (Å²) in [6.07, 6.45) is 5.32. The molecule has 0 aliphatic rings. The second-order valence-corrected chi connectivity index (χ2v) is 4.32. The molecule has 0 fully saturated rings. The Bertz CT molecular complexity index is 701. The van der Waals surface area contributed by atoms with E-state index in [1.54, 1.807) is 31.9 Å². The second kappa shape index (κ2) is 5.05. The fourth-order valence-corrected chi connectivity index (χ4v) is 2.01. The lowest BCUT2D eigenvalue weighted by atomic mass is 10.2. The molecule has 5 heteroatoms. The number of nitrogens with two attached hydrogens (primary N) is 1. The van der Waals surface area contributed by atoms with Gasteiger partial charge < -0.3 is 10.5 Å². The summed E-state index contributed by atoms with van der Waals surface area (Å²) in [7, 11) is 1.65. The Morgan fingerprint density at radius 1 is 1.05 bits per heavy atom. The predicted octanol–water partition coefficient (Wildman–Crippen LogP) is 2.53. The Kier molecular flexibility index (Phi) is 3.09. The van der Waals surface area contributed by atoms with Gasteiger partial charge in [0, 0.05) is 17.4 Å². The summed E-state index contributed by atoms with van der Waals surface area (Å²) in [5.74, 6) is 1.33. The van der Waals surface area contributed by atoms with Crippen LogP contribution in [0.25, 0.3) is 16.9 Å². The van der Waals surface area contributed by atoms with Gasteiger partial charge in [-0.3, -0.25) is 4.57 Å². The molecule has 2 aromatic heterocycles. The quantitative estimate of drug-likeness (QED) is 0.791. The van der Waals surface area contributed by atoms with Crippen LogP contribution in [0.2, 0.25) is 0 Å². The lowest BCUT2D eigenvalue weighted by Gasteiger charge is -2.09. The van der Waals surface area contributed by atoms with Gasteiger partial charge in [-0.25, -0.2) is 9.97 Å². The zero-order chi connectivity index (χ0) is 13.9. The minimum atomic E-state index is 0.504. The number of ether oxygens (including phenoxy) is 1. The maximum Gasteiger partial charge on any atom is 0.123 e. The van der Waals surface area contributed by atoms with Crippen LogP contribution in [0.3, 0.4) is 0 Å². The third kappa shape index (κ3) is 2.21. The highest BCUT2D eigenvalue weighted by molar-refractivity contribution is 5.62. The monoisotopic (exact) mass is 266 g/mol.